The monoisotopic (exact) mass is 424 g/mol. The quantitative estimate of drug-likeness (QED) is 0.530. The molecule has 0 saturated heterocycles. The summed E-state index contributed by atoms with van der Waals surface area (Å²) in [5, 5.41) is 5.80. The van der Waals surface area contributed by atoms with Crippen molar-refractivity contribution in [3.8, 4) is 28.5 Å². The van der Waals surface area contributed by atoms with Crippen LogP contribution in [0.1, 0.15) is 23.5 Å². The number of carbonyl (C=O) groups is 1. The lowest BCUT2D eigenvalue weighted by molar-refractivity contribution is -0.117. The standard InChI is InChI=1S/C23H24N2O4S/c1-15(23-25-18(14-30-23)17-8-6-5-7-9-17)24-21(26)11-10-16-12-19(27-2)22(29-4)20(13-16)28-3/h5-15H,1-4H3,(H,24,26)/b11-10+. The summed E-state index contributed by atoms with van der Waals surface area (Å²) in [6, 6.07) is 13.3. The zero-order valence-corrected chi connectivity index (χ0v) is 18.2. The summed E-state index contributed by atoms with van der Waals surface area (Å²) in [6.07, 6.45) is 3.17. The first-order chi connectivity index (χ1) is 14.5. The number of rotatable bonds is 8. The molecule has 0 fully saturated rings. The van der Waals surface area contributed by atoms with Gasteiger partial charge in [0.15, 0.2) is 11.5 Å². The SMILES string of the molecule is COc1cc(/C=C/C(=O)NC(C)c2nc(-c3ccccc3)cs2)cc(OC)c1OC. The number of nitrogens with one attached hydrogen (secondary N) is 1. The number of benzene rings is 2. The van der Waals surface area contributed by atoms with Crippen LogP contribution in [-0.2, 0) is 4.79 Å². The van der Waals surface area contributed by atoms with Crippen molar-refractivity contribution in [2.24, 2.45) is 0 Å². The Bertz CT molecular complexity index is 1010. The molecule has 3 rings (SSSR count). The number of methoxy groups -OCH3 is 3. The summed E-state index contributed by atoms with van der Waals surface area (Å²) < 4.78 is 16.0. The average Bonchev–Trinajstić information content (AvgIpc) is 3.28. The third kappa shape index (κ3) is 4.99. The first-order valence-electron chi connectivity index (χ1n) is 9.35. The topological polar surface area (TPSA) is 69.7 Å². The van der Waals surface area contributed by atoms with Crippen molar-refractivity contribution in [2.75, 3.05) is 21.3 Å². The van der Waals surface area contributed by atoms with E-state index in [-0.39, 0.29) is 11.9 Å². The fraction of sp³-hybridized carbons (Fsp3) is 0.217. The molecule has 1 aromatic heterocycles. The zero-order chi connectivity index (χ0) is 21.5. The van der Waals surface area contributed by atoms with Gasteiger partial charge in [-0.2, -0.15) is 0 Å². The van der Waals surface area contributed by atoms with E-state index in [4.69, 9.17) is 14.2 Å². The summed E-state index contributed by atoms with van der Waals surface area (Å²) in [5.41, 5.74) is 2.72. The highest BCUT2D eigenvalue weighted by Crippen LogP contribution is 2.38. The molecule has 0 bridgehead atoms. The van der Waals surface area contributed by atoms with Gasteiger partial charge in [0.25, 0.3) is 0 Å². The Morgan fingerprint density at radius 1 is 1.07 bits per heavy atom. The molecule has 1 atom stereocenters. The second-order valence-electron chi connectivity index (χ2n) is 6.46. The lowest BCUT2D eigenvalue weighted by atomic mass is 10.1. The van der Waals surface area contributed by atoms with E-state index in [9.17, 15) is 4.79 Å². The van der Waals surface area contributed by atoms with Crippen LogP contribution in [0.15, 0.2) is 53.9 Å². The fourth-order valence-electron chi connectivity index (χ4n) is 2.92. The smallest absolute Gasteiger partial charge is 0.244 e. The number of ether oxygens (including phenoxy) is 3. The lowest BCUT2D eigenvalue weighted by Crippen LogP contribution is -2.24. The van der Waals surface area contributed by atoms with Gasteiger partial charge in [-0.1, -0.05) is 30.3 Å². The lowest BCUT2D eigenvalue weighted by Gasteiger charge is -2.13. The molecule has 6 nitrogen and oxygen atoms in total. The minimum absolute atomic E-state index is 0.204. The molecule has 0 saturated carbocycles. The molecule has 1 heterocycles. The Morgan fingerprint density at radius 3 is 2.33 bits per heavy atom. The largest absolute Gasteiger partial charge is 0.493 e. The number of carbonyl (C=O) groups excluding carboxylic acids is 1. The molecule has 7 heteroatoms. The first-order valence-corrected chi connectivity index (χ1v) is 10.2. The Morgan fingerprint density at radius 2 is 1.73 bits per heavy atom. The molecule has 0 spiro atoms. The van der Waals surface area contributed by atoms with Gasteiger partial charge in [0.1, 0.15) is 5.01 Å². The minimum Gasteiger partial charge on any atom is -0.493 e. The van der Waals surface area contributed by atoms with Gasteiger partial charge in [0, 0.05) is 17.0 Å². The van der Waals surface area contributed by atoms with Crippen LogP contribution in [0.5, 0.6) is 17.2 Å². The Hall–Kier alpha value is -3.32. The fourth-order valence-corrected chi connectivity index (χ4v) is 3.76. The molecule has 2 aromatic carbocycles. The molecule has 0 aliphatic heterocycles. The van der Waals surface area contributed by atoms with E-state index in [1.54, 1.807) is 39.5 Å². The number of nitrogens with zero attached hydrogens (tertiary/aromatic N) is 1. The number of hydrogen-bond donors (Lipinski definition) is 1. The van der Waals surface area contributed by atoms with E-state index in [0.717, 1.165) is 21.8 Å². The van der Waals surface area contributed by atoms with Gasteiger partial charge in [0.05, 0.1) is 33.1 Å². The predicted molar refractivity (Wildman–Crippen MR) is 119 cm³/mol. The van der Waals surface area contributed by atoms with Crippen molar-refractivity contribution >= 4 is 23.3 Å². The molecule has 1 amide bonds. The van der Waals surface area contributed by atoms with Crippen LogP contribution in [0.3, 0.4) is 0 Å². The minimum atomic E-state index is -0.215. The highest BCUT2D eigenvalue weighted by Gasteiger charge is 2.14. The van der Waals surface area contributed by atoms with Gasteiger partial charge in [0.2, 0.25) is 11.7 Å². The molecule has 0 radical (unpaired) electrons. The predicted octanol–water partition coefficient (Wildman–Crippen LogP) is 4.73. The maximum Gasteiger partial charge on any atom is 0.244 e. The van der Waals surface area contributed by atoms with E-state index < -0.39 is 0 Å². The summed E-state index contributed by atoms with van der Waals surface area (Å²) >= 11 is 1.53. The van der Waals surface area contributed by atoms with Crippen LogP contribution in [0.4, 0.5) is 0 Å². The van der Waals surface area contributed by atoms with Gasteiger partial charge >= 0.3 is 0 Å². The third-order valence-corrected chi connectivity index (χ3v) is 5.46. The van der Waals surface area contributed by atoms with E-state index in [0.29, 0.717) is 17.2 Å². The van der Waals surface area contributed by atoms with Gasteiger partial charge < -0.3 is 19.5 Å². The second-order valence-corrected chi connectivity index (χ2v) is 7.35. The van der Waals surface area contributed by atoms with Gasteiger partial charge in [-0.25, -0.2) is 4.98 Å². The van der Waals surface area contributed by atoms with E-state index in [2.05, 4.69) is 10.3 Å². The van der Waals surface area contributed by atoms with E-state index in [1.807, 2.05) is 42.6 Å². The molecule has 30 heavy (non-hydrogen) atoms. The van der Waals surface area contributed by atoms with Crippen molar-refractivity contribution < 1.29 is 19.0 Å². The van der Waals surface area contributed by atoms with Crippen LogP contribution >= 0.6 is 11.3 Å². The van der Waals surface area contributed by atoms with Crippen LogP contribution in [0.2, 0.25) is 0 Å². The number of amides is 1. The maximum absolute atomic E-state index is 12.4. The van der Waals surface area contributed by atoms with E-state index in [1.165, 1.54) is 17.4 Å². The Labute approximate surface area is 180 Å². The maximum atomic E-state index is 12.4. The van der Waals surface area contributed by atoms with Crippen molar-refractivity contribution in [3.05, 3.63) is 64.5 Å². The highest BCUT2D eigenvalue weighted by atomic mass is 32.1. The van der Waals surface area contributed by atoms with Crippen molar-refractivity contribution in [1.29, 1.82) is 0 Å². The van der Waals surface area contributed by atoms with Crippen molar-refractivity contribution in [2.45, 2.75) is 13.0 Å². The molecule has 0 aliphatic carbocycles. The molecule has 1 N–H and O–H groups in total. The van der Waals surface area contributed by atoms with Gasteiger partial charge in [-0.15, -0.1) is 11.3 Å². The molecule has 0 aliphatic rings. The Kier molecular flexibility index (Phi) is 7.08. The normalized spacial score (nSPS) is 11.9. The highest BCUT2D eigenvalue weighted by molar-refractivity contribution is 7.10. The number of aromatic nitrogens is 1. The van der Waals surface area contributed by atoms with Crippen LogP contribution in [-0.4, -0.2) is 32.2 Å². The van der Waals surface area contributed by atoms with Crippen molar-refractivity contribution in [1.82, 2.24) is 10.3 Å². The summed E-state index contributed by atoms with van der Waals surface area (Å²) in [4.78, 5) is 17.0. The van der Waals surface area contributed by atoms with Gasteiger partial charge in [-0.05, 0) is 30.7 Å². The zero-order valence-electron chi connectivity index (χ0n) is 17.3. The molecule has 3 aromatic rings. The number of hydrogen-bond acceptors (Lipinski definition) is 6. The molecular weight excluding hydrogens is 400 g/mol. The summed E-state index contributed by atoms with van der Waals surface area (Å²) in [7, 11) is 4.65. The van der Waals surface area contributed by atoms with Crippen LogP contribution in [0, 0.1) is 0 Å². The van der Waals surface area contributed by atoms with Crippen LogP contribution in [0.25, 0.3) is 17.3 Å². The van der Waals surface area contributed by atoms with E-state index >= 15 is 0 Å². The molecule has 1 unspecified atom stereocenters. The second kappa shape index (κ2) is 9.93. The first kappa shape index (κ1) is 21.4. The number of thiazole rings is 1. The molecular formula is C23H24N2O4S. The van der Waals surface area contributed by atoms with Crippen LogP contribution < -0.4 is 19.5 Å². The average molecular weight is 425 g/mol. The molecule has 156 valence electrons. The summed E-state index contributed by atoms with van der Waals surface area (Å²) in [6.45, 7) is 1.92. The summed E-state index contributed by atoms with van der Waals surface area (Å²) in [5.74, 6) is 1.35. The van der Waals surface area contributed by atoms with Crippen molar-refractivity contribution in [3.63, 3.8) is 0 Å². The third-order valence-electron chi connectivity index (χ3n) is 4.43. The Balaban J connectivity index is 1.68. The van der Waals surface area contributed by atoms with Gasteiger partial charge in [-0.3, -0.25) is 4.79 Å².